The molecule has 3 rings (SSSR count). The minimum Gasteiger partial charge on any atom is -0.449 e. The summed E-state index contributed by atoms with van der Waals surface area (Å²) in [6.07, 6.45) is 2.44. The van der Waals surface area contributed by atoms with E-state index in [9.17, 15) is 14.4 Å². The van der Waals surface area contributed by atoms with E-state index in [1.54, 1.807) is 18.2 Å². The van der Waals surface area contributed by atoms with Crippen LogP contribution in [-0.2, 0) is 14.3 Å². The summed E-state index contributed by atoms with van der Waals surface area (Å²) in [5.41, 5.74) is 1.80. The molecule has 7 heteroatoms. The second-order valence-corrected chi connectivity index (χ2v) is 6.15. The highest BCUT2D eigenvalue weighted by molar-refractivity contribution is 6.05. The zero-order valence-corrected chi connectivity index (χ0v) is 14.1. The molecule has 1 aromatic rings. The molecule has 2 amide bonds. The van der Waals surface area contributed by atoms with Crippen LogP contribution in [0.25, 0.3) is 0 Å². The predicted molar refractivity (Wildman–Crippen MR) is 93.5 cm³/mol. The molecule has 2 heterocycles. The van der Waals surface area contributed by atoms with Crippen LogP contribution in [0.5, 0.6) is 0 Å². The van der Waals surface area contributed by atoms with Crippen molar-refractivity contribution in [2.75, 3.05) is 23.3 Å². The largest absolute Gasteiger partial charge is 0.449 e. The molecule has 7 nitrogen and oxygen atoms in total. The summed E-state index contributed by atoms with van der Waals surface area (Å²) in [6.45, 7) is 6.15. The molecule has 2 aliphatic heterocycles. The first kappa shape index (κ1) is 17.0. The Morgan fingerprint density at radius 1 is 1.52 bits per heavy atom. The van der Waals surface area contributed by atoms with Crippen LogP contribution < -0.4 is 15.5 Å². The van der Waals surface area contributed by atoms with Gasteiger partial charge >= 0.3 is 5.97 Å². The summed E-state index contributed by atoms with van der Waals surface area (Å²) in [4.78, 5) is 38.3. The Kier molecular flexibility index (Phi) is 4.74. The Bertz CT molecular complexity index is 731. The van der Waals surface area contributed by atoms with Crippen LogP contribution >= 0.6 is 0 Å². The lowest BCUT2D eigenvalue weighted by molar-refractivity contribution is -0.128. The van der Waals surface area contributed by atoms with Crippen LogP contribution in [0.2, 0.25) is 0 Å². The van der Waals surface area contributed by atoms with Gasteiger partial charge in [0.2, 0.25) is 5.91 Å². The monoisotopic (exact) mass is 343 g/mol. The number of amides is 2. The summed E-state index contributed by atoms with van der Waals surface area (Å²) < 4.78 is 5.19. The fourth-order valence-corrected chi connectivity index (χ4v) is 3.16. The minimum atomic E-state index is -0.916. The highest BCUT2D eigenvalue weighted by Crippen LogP contribution is 2.37. The Balaban J connectivity index is 1.72. The van der Waals surface area contributed by atoms with Crippen LogP contribution in [0.3, 0.4) is 0 Å². The van der Waals surface area contributed by atoms with Crippen molar-refractivity contribution >= 4 is 29.2 Å². The Labute approximate surface area is 146 Å². The van der Waals surface area contributed by atoms with Crippen LogP contribution in [0.15, 0.2) is 30.9 Å². The molecule has 132 valence electrons. The Morgan fingerprint density at radius 2 is 2.32 bits per heavy atom. The van der Waals surface area contributed by atoms with E-state index in [1.165, 1.54) is 6.92 Å². The van der Waals surface area contributed by atoms with Gasteiger partial charge in [0, 0.05) is 13.1 Å². The average Bonchev–Trinajstić information content (AvgIpc) is 3.09. The molecule has 0 bridgehead atoms. The van der Waals surface area contributed by atoms with Crippen molar-refractivity contribution in [3.8, 4) is 0 Å². The summed E-state index contributed by atoms with van der Waals surface area (Å²) in [7, 11) is 0. The van der Waals surface area contributed by atoms with E-state index in [1.807, 2.05) is 6.07 Å². The van der Waals surface area contributed by atoms with Crippen molar-refractivity contribution in [1.29, 1.82) is 0 Å². The number of hydrogen-bond donors (Lipinski definition) is 2. The summed E-state index contributed by atoms with van der Waals surface area (Å²) in [5.74, 6) is -1.05. The second kappa shape index (κ2) is 6.96. The first-order chi connectivity index (χ1) is 12.0. The summed E-state index contributed by atoms with van der Waals surface area (Å²) in [5, 5.41) is 5.42. The number of esters is 1. The van der Waals surface area contributed by atoms with Gasteiger partial charge in [0.05, 0.1) is 16.9 Å². The summed E-state index contributed by atoms with van der Waals surface area (Å²) in [6, 6.07) is 4.94. The van der Waals surface area contributed by atoms with Gasteiger partial charge in [-0.1, -0.05) is 6.08 Å². The van der Waals surface area contributed by atoms with Crippen molar-refractivity contribution in [3.05, 3.63) is 36.4 Å². The first-order valence-electron chi connectivity index (χ1n) is 8.32. The normalized spacial score (nSPS) is 19.3. The van der Waals surface area contributed by atoms with E-state index < -0.39 is 12.1 Å². The van der Waals surface area contributed by atoms with Crippen molar-refractivity contribution in [2.45, 2.75) is 31.9 Å². The zero-order valence-electron chi connectivity index (χ0n) is 14.1. The van der Waals surface area contributed by atoms with E-state index >= 15 is 0 Å². The highest BCUT2D eigenvalue weighted by atomic mass is 16.5. The molecule has 25 heavy (non-hydrogen) atoms. The van der Waals surface area contributed by atoms with Gasteiger partial charge in [-0.15, -0.1) is 6.58 Å². The fourth-order valence-electron chi connectivity index (χ4n) is 3.16. The summed E-state index contributed by atoms with van der Waals surface area (Å²) >= 11 is 0. The van der Waals surface area contributed by atoms with Gasteiger partial charge in [-0.3, -0.25) is 9.59 Å². The molecule has 1 aromatic carbocycles. The molecule has 0 aliphatic carbocycles. The topological polar surface area (TPSA) is 87.7 Å². The van der Waals surface area contributed by atoms with Crippen LogP contribution in [0, 0.1) is 0 Å². The molecular weight excluding hydrogens is 322 g/mol. The third-order valence-electron chi connectivity index (χ3n) is 4.43. The average molecular weight is 343 g/mol. The molecule has 1 fully saturated rings. The van der Waals surface area contributed by atoms with E-state index in [0.29, 0.717) is 17.8 Å². The zero-order chi connectivity index (χ0) is 18.0. The number of carbonyl (C=O) groups is 3. The molecule has 0 spiro atoms. The SMILES string of the molecule is C=CCNC(=O)[C@H](C)OC(=O)c1ccc2c(c1)NC(=O)[C@H]1CCCN21. The van der Waals surface area contributed by atoms with E-state index in [2.05, 4.69) is 22.1 Å². The molecule has 0 radical (unpaired) electrons. The molecule has 2 aliphatic rings. The molecule has 2 atom stereocenters. The lowest BCUT2D eigenvalue weighted by Gasteiger charge is -2.33. The fraction of sp³-hybridized carbons (Fsp3) is 0.389. The Hall–Kier alpha value is -2.83. The number of ether oxygens (including phenoxy) is 1. The molecule has 0 aromatic heterocycles. The number of hydrogen-bond acceptors (Lipinski definition) is 5. The number of nitrogens with zero attached hydrogens (tertiary/aromatic N) is 1. The quantitative estimate of drug-likeness (QED) is 0.624. The van der Waals surface area contributed by atoms with Gasteiger partial charge in [-0.05, 0) is 38.0 Å². The van der Waals surface area contributed by atoms with Gasteiger partial charge in [-0.25, -0.2) is 4.79 Å². The number of rotatable bonds is 5. The van der Waals surface area contributed by atoms with E-state index in [-0.39, 0.29) is 17.9 Å². The van der Waals surface area contributed by atoms with Crippen molar-refractivity contribution in [3.63, 3.8) is 0 Å². The minimum absolute atomic E-state index is 0.0484. The maximum atomic E-state index is 12.3. The lowest BCUT2D eigenvalue weighted by atomic mass is 10.1. The third-order valence-corrected chi connectivity index (χ3v) is 4.43. The van der Waals surface area contributed by atoms with Crippen molar-refractivity contribution in [2.24, 2.45) is 0 Å². The number of carbonyl (C=O) groups excluding carboxylic acids is 3. The van der Waals surface area contributed by atoms with Gasteiger partial charge in [0.15, 0.2) is 6.10 Å². The Morgan fingerprint density at radius 3 is 3.08 bits per heavy atom. The number of anilines is 2. The van der Waals surface area contributed by atoms with Crippen LogP contribution in [-0.4, -0.2) is 43.0 Å². The number of benzene rings is 1. The predicted octanol–water partition coefficient (Wildman–Crippen LogP) is 1.45. The highest BCUT2D eigenvalue weighted by Gasteiger charge is 2.36. The van der Waals surface area contributed by atoms with Gasteiger partial charge in [-0.2, -0.15) is 0 Å². The van der Waals surface area contributed by atoms with Crippen molar-refractivity contribution in [1.82, 2.24) is 5.32 Å². The number of fused-ring (bicyclic) bond motifs is 3. The van der Waals surface area contributed by atoms with E-state index in [0.717, 1.165) is 25.1 Å². The molecule has 0 unspecified atom stereocenters. The standard InChI is InChI=1S/C18H21N3O4/c1-3-8-19-16(22)11(2)25-18(24)12-6-7-14-13(10-12)20-17(23)15-5-4-9-21(14)15/h3,6-7,10-11,15H,1,4-5,8-9H2,2H3,(H,19,22)(H,20,23)/t11-,15+/m0/s1. The van der Waals surface area contributed by atoms with Gasteiger partial charge in [0.1, 0.15) is 6.04 Å². The first-order valence-corrected chi connectivity index (χ1v) is 8.32. The molecule has 2 N–H and O–H groups in total. The van der Waals surface area contributed by atoms with E-state index in [4.69, 9.17) is 4.74 Å². The molecule has 0 saturated carbocycles. The maximum Gasteiger partial charge on any atom is 0.338 e. The smallest absolute Gasteiger partial charge is 0.338 e. The van der Waals surface area contributed by atoms with Gasteiger partial charge < -0.3 is 20.3 Å². The molecule has 1 saturated heterocycles. The van der Waals surface area contributed by atoms with Crippen molar-refractivity contribution < 1.29 is 19.1 Å². The van der Waals surface area contributed by atoms with Gasteiger partial charge in [0.25, 0.3) is 5.91 Å². The maximum absolute atomic E-state index is 12.3. The van der Waals surface area contributed by atoms with Crippen LogP contribution in [0.1, 0.15) is 30.1 Å². The third kappa shape index (κ3) is 3.35. The number of nitrogens with one attached hydrogen (secondary N) is 2. The molecular formula is C18H21N3O4. The van der Waals surface area contributed by atoms with Crippen LogP contribution in [0.4, 0.5) is 11.4 Å². The lowest BCUT2D eigenvalue weighted by Crippen LogP contribution is -2.44. The second-order valence-electron chi connectivity index (χ2n) is 6.15.